The van der Waals surface area contributed by atoms with E-state index in [-0.39, 0.29) is 0 Å². The molecule has 0 aliphatic rings. The van der Waals surface area contributed by atoms with Crippen LogP contribution in [0.5, 0.6) is 0 Å². The molecule has 1 rings (SSSR count). The second kappa shape index (κ2) is 9.55. The summed E-state index contributed by atoms with van der Waals surface area (Å²) >= 11 is 0. The van der Waals surface area contributed by atoms with Gasteiger partial charge in [-0.3, -0.25) is 0 Å². The minimum absolute atomic E-state index is 0.931. The van der Waals surface area contributed by atoms with E-state index < -0.39 is 11.2 Å². The third kappa shape index (κ3) is 13.5. The average Bonchev–Trinajstić information content (AvgIpc) is 2.19. The van der Waals surface area contributed by atoms with Crippen molar-refractivity contribution < 1.29 is 14.3 Å². The van der Waals surface area contributed by atoms with Gasteiger partial charge in [0, 0.05) is 0 Å². The first-order valence-corrected chi connectivity index (χ1v) is 7.15. The average molecular weight is 275 g/mol. The fraction of sp³-hybridized carbons (Fsp3) is 0.500. The first-order valence-electron chi connectivity index (χ1n) is 5.51. The van der Waals surface area contributed by atoms with Crippen molar-refractivity contribution in [2.45, 2.75) is 38.9 Å². The van der Waals surface area contributed by atoms with Crippen LogP contribution < -0.4 is 0 Å². The number of hydrogen-bond donors (Lipinski definition) is 2. The molecule has 0 aliphatic heterocycles. The van der Waals surface area contributed by atoms with Gasteiger partial charge in [-0.15, -0.1) is 0 Å². The highest BCUT2D eigenvalue weighted by Crippen LogP contribution is 2.19. The second-order valence-electron chi connectivity index (χ2n) is 4.68. The zero-order valence-electron chi connectivity index (χ0n) is 11.8. The summed E-state index contributed by atoms with van der Waals surface area (Å²) in [5.41, 5.74) is -2.01. The number of hydrogen-bond acceptors (Lipinski definition) is 3. The van der Waals surface area contributed by atoms with Crippen molar-refractivity contribution in [1.82, 2.24) is 0 Å². The SMILES string of the molecule is CC(C)(O)C(C)(C)O.[SiH3]O[SiH3].c1ccccc1. The summed E-state index contributed by atoms with van der Waals surface area (Å²) < 4.78 is 4.53. The minimum atomic E-state index is -1.01. The van der Waals surface area contributed by atoms with E-state index in [4.69, 9.17) is 10.2 Å². The molecule has 0 unspecified atom stereocenters. The van der Waals surface area contributed by atoms with Gasteiger partial charge in [-0.25, -0.2) is 0 Å². The molecule has 0 aliphatic carbocycles. The van der Waals surface area contributed by atoms with E-state index in [9.17, 15) is 0 Å². The van der Waals surface area contributed by atoms with Crippen LogP contribution in [0.25, 0.3) is 0 Å². The van der Waals surface area contributed by atoms with Gasteiger partial charge in [0.15, 0.2) is 0 Å². The van der Waals surface area contributed by atoms with Crippen molar-refractivity contribution in [2.24, 2.45) is 0 Å². The van der Waals surface area contributed by atoms with Crippen molar-refractivity contribution >= 4 is 21.0 Å². The maximum atomic E-state index is 9.10. The van der Waals surface area contributed by atoms with Gasteiger partial charge in [-0.1, -0.05) is 36.4 Å². The van der Waals surface area contributed by atoms with Crippen LogP contribution >= 0.6 is 0 Å². The molecular weight excluding hydrogens is 248 g/mol. The Morgan fingerprint density at radius 1 is 0.706 bits per heavy atom. The normalized spacial score (nSPS) is 10.9. The molecule has 0 radical (unpaired) electrons. The molecule has 0 spiro atoms. The number of aliphatic hydroxyl groups is 2. The molecule has 0 aromatic heterocycles. The van der Waals surface area contributed by atoms with Crippen molar-refractivity contribution in [3.05, 3.63) is 36.4 Å². The maximum absolute atomic E-state index is 9.10. The van der Waals surface area contributed by atoms with Gasteiger partial charge >= 0.3 is 0 Å². The van der Waals surface area contributed by atoms with Crippen molar-refractivity contribution in [1.29, 1.82) is 0 Å². The molecular formula is C12H26O3Si2. The zero-order valence-corrected chi connectivity index (χ0v) is 15.8. The zero-order chi connectivity index (χ0) is 13.9. The van der Waals surface area contributed by atoms with Gasteiger partial charge in [-0.2, -0.15) is 0 Å². The quantitative estimate of drug-likeness (QED) is 0.696. The molecule has 0 bridgehead atoms. The molecule has 3 nitrogen and oxygen atoms in total. The lowest BCUT2D eigenvalue weighted by Gasteiger charge is -2.31. The predicted molar refractivity (Wildman–Crippen MR) is 80.0 cm³/mol. The fourth-order valence-electron chi connectivity index (χ4n) is 0.385. The molecule has 0 amide bonds. The Kier molecular flexibility index (Phi) is 10.6. The first kappa shape index (κ1) is 18.9. The number of rotatable bonds is 1. The Morgan fingerprint density at radius 3 is 0.882 bits per heavy atom. The van der Waals surface area contributed by atoms with E-state index in [1.165, 1.54) is 0 Å². The summed E-state index contributed by atoms with van der Waals surface area (Å²) in [4.78, 5) is 0. The van der Waals surface area contributed by atoms with Crippen molar-refractivity contribution in [3.8, 4) is 0 Å². The van der Waals surface area contributed by atoms with Crippen molar-refractivity contribution in [2.75, 3.05) is 0 Å². The Hall–Kier alpha value is -0.466. The lowest BCUT2D eigenvalue weighted by molar-refractivity contribution is -0.107. The summed E-state index contributed by atoms with van der Waals surface area (Å²) in [5.74, 6) is 0. The molecule has 0 saturated heterocycles. The molecule has 100 valence electrons. The molecule has 17 heavy (non-hydrogen) atoms. The largest absolute Gasteiger partial charge is 0.471 e. The molecule has 0 fully saturated rings. The standard InChI is InChI=1S/C6H14O2.C6H6.H6OSi2/c1-5(2,7)6(3,4)8;1-2-4-6-5-3-1;2-1-3/h7-8H,1-4H3;1-6H;2-3H3. The fourth-order valence-corrected chi connectivity index (χ4v) is 0.385. The third-order valence-electron chi connectivity index (χ3n) is 2.16. The van der Waals surface area contributed by atoms with E-state index in [0.717, 1.165) is 21.0 Å². The molecule has 1 aromatic carbocycles. The lowest BCUT2D eigenvalue weighted by Crippen LogP contribution is -2.44. The van der Waals surface area contributed by atoms with Gasteiger partial charge in [-0.05, 0) is 27.7 Å². The highest BCUT2D eigenvalue weighted by atomic mass is 28.3. The monoisotopic (exact) mass is 274 g/mol. The van der Waals surface area contributed by atoms with Gasteiger partial charge in [0.1, 0.15) is 21.0 Å². The van der Waals surface area contributed by atoms with Crippen LogP contribution in [0.15, 0.2) is 36.4 Å². The van der Waals surface area contributed by atoms with E-state index in [1.54, 1.807) is 27.7 Å². The van der Waals surface area contributed by atoms with E-state index >= 15 is 0 Å². The summed E-state index contributed by atoms with van der Waals surface area (Å²) in [6, 6.07) is 12.0. The Labute approximate surface area is 111 Å². The summed E-state index contributed by atoms with van der Waals surface area (Å²) in [5, 5.41) is 18.2. The molecule has 0 atom stereocenters. The highest BCUT2D eigenvalue weighted by Gasteiger charge is 2.31. The van der Waals surface area contributed by atoms with Gasteiger partial charge in [0.05, 0.1) is 11.2 Å². The second-order valence-corrected chi connectivity index (χ2v) is 7.95. The van der Waals surface area contributed by atoms with Crippen LogP contribution in [0.4, 0.5) is 0 Å². The molecule has 0 saturated carbocycles. The van der Waals surface area contributed by atoms with Crippen LogP contribution in [-0.4, -0.2) is 42.4 Å². The topological polar surface area (TPSA) is 49.7 Å². The Balaban J connectivity index is 0. The van der Waals surface area contributed by atoms with Crippen LogP contribution in [0.2, 0.25) is 0 Å². The lowest BCUT2D eigenvalue weighted by atomic mass is 9.90. The highest BCUT2D eigenvalue weighted by molar-refractivity contribution is 6.15. The summed E-state index contributed by atoms with van der Waals surface area (Å²) in [7, 11) is 1.86. The van der Waals surface area contributed by atoms with E-state index in [1.807, 2.05) is 36.4 Å². The van der Waals surface area contributed by atoms with Crippen LogP contribution in [-0.2, 0) is 4.12 Å². The van der Waals surface area contributed by atoms with Crippen LogP contribution in [0.3, 0.4) is 0 Å². The van der Waals surface area contributed by atoms with Gasteiger partial charge in [0.25, 0.3) is 0 Å². The predicted octanol–water partition coefficient (Wildman–Crippen LogP) is -0.221. The van der Waals surface area contributed by atoms with Crippen LogP contribution in [0, 0.1) is 0 Å². The first-order chi connectivity index (χ1) is 7.66. The Morgan fingerprint density at radius 2 is 0.824 bits per heavy atom. The molecule has 1 aromatic rings. The summed E-state index contributed by atoms with van der Waals surface area (Å²) in [6.07, 6.45) is 0. The molecule has 2 N–H and O–H groups in total. The smallest absolute Gasteiger partial charge is 0.129 e. The molecule has 0 heterocycles. The Bertz CT molecular complexity index is 214. The molecule has 5 heteroatoms. The summed E-state index contributed by atoms with van der Waals surface area (Å²) in [6.45, 7) is 6.31. The number of benzene rings is 1. The third-order valence-corrected chi connectivity index (χ3v) is 2.16. The van der Waals surface area contributed by atoms with Crippen LogP contribution in [0.1, 0.15) is 27.7 Å². The van der Waals surface area contributed by atoms with E-state index in [2.05, 4.69) is 4.12 Å². The van der Waals surface area contributed by atoms with Crippen molar-refractivity contribution in [3.63, 3.8) is 0 Å². The van der Waals surface area contributed by atoms with Gasteiger partial charge in [0.2, 0.25) is 0 Å². The van der Waals surface area contributed by atoms with E-state index in [0.29, 0.717) is 0 Å². The minimum Gasteiger partial charge on any atom is -0.471 e. The van der Waals surface area contributed by atoms with Gasteiger partial charge < -0.3 is 14.3 Å². The maximum Gasteiger partial charge on any atom is 0.129 e.